The molecule has 1 unspecified atom stereocenters. The second kappa shape index (κ2) is 6.49. The monoisotopic (exact) mass is 253 g/mol. The zero-order valence-electron chi connectivity index (χ0n) is 11.8. The van der Waals surface area contributed by atoms with Crippen molar-refractivity contribution < 1.29 is 4.79 Å². The van der Waals surface area contributed by atoms with Crippen LogP contribution < -0.4 is 5.32 Å². The number of aromatic nitrogens is 3. The van der Waals surface area contributed by atoms with Crippen LogP contribution in [0.5, 0.6) is 0 Å². The molecule has 18 heavy (non-hydrogen) atoms. The first-order valence-corrected chi connectivity index (χ1v) is 6.23. The maximum absolute atomic E-state index is 11.8. The zero-order chi connectivity index (χ0) is 13.7. The lowest BCUT2D eigenvalue weighted by molar-refractivity contribution is 0.0928. The van der Waals surface area contributed by atoms with Gasteiger partial charge < -0.3 is 10.2 Å². The molecule has 0 bridgehead atoms. The van der Waals surface area contributed by atoms with Gasteiger partial charge in [-0.15, -0.1) is 5.10 Å². The molecule has 0 radical (unpaired) electrons. The van der Waals surface area contributed by atoms with E-state index in [-0.39, 0.29) is 11.7 Å². The Morgan fingerprint density at radius 2 is 2.11 bits per heavy atom. The van der Waals surface area contributed by atoms with Crippen molar-refractivity contribution in [3.8, 4) is 0 Å². The van der Waals surface area contributed by atoms with Crippen molar-refractivity contribution in [2.24, 2.45) is 5.92 Å². The molecule has 1 aromatic heterocycles. The third-order valence-corrected chi connectivity index (χ3v) is 2.77. The largest absolute Gasteiger partial charge is 0.348 e. The summed E-state index contributed by atoms with van der Waals surface area (Å²) in [6.07, 6.45) is 1.04. The quantitative estimate of drug-likeness (QED) is 0.787. The number of rotatable bonds is 6. The third kappa shape index (κ3) is 4.44. The van der Waals surface area contributed by atoms with Gasteiger partial charge in [0.15, 0.2) is 0 Å². The van der Waals surface area contributed by atoms with Crippen LogP contribution >= 0.6 is 0 Å². The van der Waals surface area contributed by atoms with Crippen LogP contribution in [0.15, 0.2) is 0 Å². The molecule has 0 aromatic carbocycles. The molecule has 0 spiro atoms. The topological polar surface area (TPSA) is 73.9 Å². The molecule has 0 saturated heterocycles. The molecule has 0 aliphatic rings. The van der Waals surface area contributed by atoms with Crippen LogP contribution in [0.25, 0.3) is 0 Å². The lowest BCUT2D eigenvalue weighted by atomic mass is 10.0. The number of amides is 1. The number of hydrogen-bond donors (Lipinski definition) is 2. The van der Waals surface area contributed by atoms with Gasteiger partial charge in [-0.2, -0.15) is 0 Å². The molecule has 1 rings (SSSR count). The minimum Gasteiger partial charge on any atom is -0.348 e. The predicted molar refractivity (Wildman–Crippen MR) is 70.4 cm³/mol. The summed E-state index contributed by atoms with van der Waals surface area (Å²) in [5.41, 5.74) is 0. The number of nitrogens with zero attached hydrogens (tertiary/aromatic N) is 3. The van der Waals surface area contributed by atoms with Crippen LogP contribution in [0, 0.1) is 12.8 Å². The summed E-state index contributed by atoms with van der Waals surface area (Å²) in [6.45, 7) is 6.73. The van der Waals surface area contributed by atoms with Gasteiger partial charge >= 0.3 is 0 Å². The number of H-pyrrole nitrogens is 1. The Morgan fingerprint density at radius 1 is 1.44 bits per heavy atom. The van der Waals surface area contributed by atoms with Gasteiger partial charge in [0.2, 0.25) is 5.82 Å². The lowest BCUT2D eigenvalue weighted by Gasteiger charge is -2.25. The van der Waals surface area contributed by atoms with E-state index in [0.717, 1.165) is 6.42 Å². The van der Waals surface area contributed by atoms with Crippen LogP contribution in [0.1, 0.15) is 36.7 Å². The van der Waals surface area contributed by atoms with E-state index in [1.165, 1.54) is 0 Å². The Balaban J connectivity index is 2.49. The fraction of sp³-hybridized carbons (Fsp3) is 0.750. The summed E-state index contributed by atoms with van der Waals surface area (Å²) in [4.78, 5) is 17.9. The Hall–Kier alpha value is -1.43. The van der Waals surface area contributed by atoms with Crippen molar-refractivity contribution in [3.05, 3.63) is 11.6 Å². The Morgan fingerprint density at radius 3 is 2.56 bits per heavy atom. The summed E-state index contributed by atoms with van der Waals surface area (Å²) < 4.78 is 0. The smallest absolute Gasteiger partial charge is 0.291 e. The van der Waals surface area contributed by atoms with Gasteiger partial charge in [0.05, 0.1) is 0 Å². The maximum atomic E-state index is 11.8. The van der Waals surface area contributed by atoms with Crippen LogP contribution in [-0.4, -0.2) is 52.7 Å². The Kier molecular flexibility index (Phi) is 5.27. The molecule has 1 atom stereocenters. The molecule has 0 aliphatic carbocycles. The highest BCUT2D eigenvalue weighted by Gasteiger charge is 2.16. The van der Waals surface area contributed by atoms with Crippen molar-refractivity contribution in [2.75, 3.05) is 20.6 Å². The van der Waals surface area contributed by atoms with Crippen LogP contribution in [0.2, 0.25) is 0 Å². The molecular weight excluding hydrogens is 230 g/mol. The van der Waals surface area contributed by atoms with E-state index in [1.54, 1.807) is 6.92 Å². The van der Waals surface area contributed by atoms with Gasteiger partial charge in [-0.1, -0.05) is 13.8 Å². The lowest BCUT2D eigenvalue weighted by Crippen LogP contribution is -2.41. The summed E-state index contributed by atoms with van der Waals surface area (Å²) >= 11 is 0. The van der Waals surface area contributed by atoms with E-state index in [9.17, 15) is 4.79 Å². The second-order valence-corrected chi connectivity index (χ2v) is 5.20. The Labute approximate surface area is 108 Å². The van der Waals surface area contributed by atoms with E-state index in [1.807, 2.05) is 14.1 Å². The molecule has 1 heterocycles. The molecule has 102 valence electrons. The highest BCUT2D eigenvalue weighted by atomic mass is 16.2. The summed E-state index contributed by atoms with van der Waals surface area (Å²) in [6, 6.07) is 0.328. The van der Waals surface area contributed by atoms with E-state index in [4.69, 9.17) is 0 Å². The fourth-order valence-electron chi connectivity index (χ4n) is 1.75. The molecule has 6 heteroatoms. The number of aryl methyl sites for hydroxylation is 1. The zero-order valence-corrected chi connectivity index (χ0v) is 11.8. The Bertz CT molecular complexity index is 386. The van der Waals surface area contributed by atoms with Crippen molar-refractivity contribution >= 4 is 5.91 Å². The molecule has 6 nitrogen and oxygen atoms in total. The number of hydrogen-bond acceptors (Lipinski definition) is 4. The van der Waals surface area contributed by atoms with E-state index < -0.39 is 0 Å². The molecule has 2 N–H and O–H groups in total. The first kappa shape index (κ1) is 14.6. The first-order valence-electron chi connectivity index (χ1n) is 6.23. The first-order chi connectivity index (χ1) is 8.40. The van der Waals surface area contributed by atoms with Crippen LogP contribution in [-0.2, 0) is 0 Å². The number of likely N-dealkylation sites (N-methyl/N-ethyl adjacent to an activating group) is 1. The van der Waals surface area contributed by atoms with Gasteiger partial charge in [0.1, 0.15) is 5.82 Å². The van der Waals surface area contributed by atoms with Gasteiger partial charge in [-0.25, -0.2) is 4.98 Å². The van der Waals surface area contributed by atoms with Gasteiger partial charge in [-0.05, 0) is 33.4 Å². The highest BCUT2D eigenvalue weighted by molar-refractivity contribution is 5.90. The minimum atomic E-state index is -0.227. The van der Waals surface area contributed by atoms with Gasteiger partial charge in [0, 0.05) is 12.6 Å². The maximum Gasteiger partial charge on any atom is 0.291 e. The third-order valence-electron chi connectivity index (χ3n) is 2.77. The van der Waals surface area contributed by atoms with E-state index in [0.29, 0.717) is 24.3 Å². The number of carbonyl (C=O) groups excluding carboxylic acids is 1. The van der Waals surface area contributed by atoms with Crippen LogP contribution in [0.4, 0.5) is 0 Å². The number of nitrogens with one attached hydrogen (secondary N) is 2. The van der Waals surface area contributed by atoms with Crippen molar-refractivity contribution in [2.45, 2.75) is 33.2 Å². The average molecular weight is 253 g/mol. The molecular formula is C12H23N5O. The van der Waals surface area contributed by atoms with Gasteiger partial charge in [-0.3, -0.25) is 9.89 Å². The summed E-state index contributed by atoms with van der Waals surface area (Å²) in [5, 5.41) is 9.37. The van der Waals surface area contributed by atoms with E-state index >= 15 is 0 Å². The second-order valence-electron chi connectivity index (χ2n) is 5.20. The minimum absolute atomic E-state index is 0.203. The van der Waals surface area contributed by atoms with Crippen LogP contribution in [0.3, 0.4) is 0 Å². The van der Waals surface area contributed by atoms with Crippen molar-refractivity contribution in [1.29, 1.82) is 0 Å². The predicted octanol–water partition coefficient (Wildman–Crippen LogP) is 0.819. The molecule has 1 amide bonds. The number of carbonyl (C=O) groups is 1. The van der Waals surface area contributed by atoms with Crippen molar-refractivity contribution in [1.82, 2.24) is 25.4 Å². The SMILES string of the molecule is Cc1nc(C(=O)NCC(CC(C)C)N(C)C)n[nH]1. The van der Waals surface area contributed by atoms with E-state index in [2.05, 4.69) is 39.2 Å². The summed E-state index contributed by atoms with van der Waals surface area (Å²) in [7, 11) is 4.05. The average Bonchev–Trinajstić information content (AvgIpc) is 2.69. The molecule has 0 saturated carbocycles. The van der Waals surface area contributed by atoms with Crippen molar-refractivity contribution in [3.63, 3.8) is 0 Å². The number of aromatic amines is 1. The standard InChI is InChI=1S/C12H23N5O/c1-8(2)6-10(17(4)5)7-13-12(18)11-14-9(3)15-16-11/h8,10H,6-7H2,1-5H3,(H,13,18)(H,14,15,16). The summed E-state index contributed by atoms with van der Waals surface area (Å²) in [5.74, 6) is 1.22. The fourth-order valence-corrected chi connectivity index (χ4v) is 1.75. The molecule has 1 aromatic rings. The normalized spacial score (nSPS) is 13.1. The highest BCUT2D eigenvalue weighted by Crippen LogP contribution is 2.08. The van der Waals surface area contributed by atoms with Gasteiger partial charge in [0.25, 0.3) is 5.91 Å². The molecule has 0 fully saturated rings. The molecule has 0 aliphatic heterocycles.